The second-order valence-electron chi connectivity index (χ2n) is 3.36. The van der Waals surface area contributed by atoms with E-state index in [9.17, 15) is 4.79 Å². The number of rotatable bonds is 4. The van der Waals surface area contributed by atoms with E-state index in [1.807, 2.05) is 37.3 Å². The summed E-state index contributed by atoms with van der Waals surface area (Å²) in [6.45, 7) is 1.95. The molecule has 1 rings (SSSR count). The molecule has 78 valence electrons. The number of carbonyl (C=O) groups excluding carboxylic acids is 1. The molecule has 1 atom stereocenters. The first-order chi connectivity index (χ1) is 7.26. The van der Waals surface area contributed by atoms with Crippen LogP contribution in [0.3, 0.4) is 0 Å². The lowest BCUT2D eigenvalue weighted by atomic mass is 10.1. The minimum absolute atomic E-state index is 0.0222. The summed E-state index contributed by atoms with van der Waals surface area (Å²) >= 11 is 0. The molecule has 15 heavy (non-hydrogen) atoms. The summed E-state index contributed by atoms with van der Waals surface area (Å²) in [7, 11) is 0. The van der Waals surface area contributed by atoms with E-state index in [4.69, 9.17) is 6.42 Å². The Balaban J connectivity index is 2.47. The van der Waals surface area contributed by atoms with Crippen LogP contribution in [0.2, 0.25) is 0 Å². The summed E-state index contributed by atoms with van der Waals surface area (Å²) in [4.78, 5) is 11.5. The lowest BCUT2D eigenvalue weighted by Crippen LogP contribution is -2.34. The predicted molar refractivity (Wildman–Crippen MR) is 61.2 cm³/mol. The smallest absolute Gasteiger partial charge is 0.225 e. The lowest BCUT2D eigenvalue weighted by Gasteiger charge is -2.10. The topological polar surface area (TPSA) is 29.1 Å². The Morgan fingerprint density at radius 2 is 2.13 bits per heavy atom. The van der Waals surface area contributed by atoms with Gasteiger partial charge in [-0.2, -0.15) is 0 Å². The fourth-order valence-corrected chi connectivity index (χ4v) is 1.29. The Morgan fingerprint density at radius 1 is 1.47 bits per heavy atom. The standard InChI is InChI=1S/C13H15NO/c1-3-12(4-2)14-13(15)10-11-8-6-5-7-9-11/h1,5-9,12H,4,10H2,2H3,(H,14,15). The van der Waals surface area contributed by atoms with Crippen LogP contribution in [-0.2, 0) is 11.2 Å². The Hall–Kier alpha value is -1.75. The predicted octanol–water partition coefficient (Wildman–Crippen LogP) is 1.76. The molecule has 0 aliphatic carbocycles. The number of amides is 1. The molecule has 2 nitrogen and oxygen atoms in total. The van der Waals surface area contributed by atoms with Gasteiger partial charge in [-0.15, -0.1) is 6.42 Å². The van der Waals surface area contributed by atoms with Gasteiger partial charge in [0.2, 0.25) is 5.91 Å². The summed E-state index contributed by atoms with van der Waals surface area (Å²) in [5, 5.41) is 2.79. The maximum atomic E-state index is 11.5. The second-order valence-corrected chi connectivity index (χ2v) is 3.36. The van der Waals surface area contributed by atoms with E-state index in [0.717, 1.165) is 12.0 Å². The first-order valence-corrected chi connectivity index (χ1v) is 5.05. The van der Waals surface area contributed by atoms with E-state index in [-0.39, 0.29) is 11.9 Å². The lowest BCUT2D eigenvalue weighted by molar-refractivity contribution is -0.120. The number of hydrogen-bond donors (Lipinski definition) is 1. The third-order valence-corrected chi connectivity index (χ3v) is 2.15. The van der Waals surface area contributed by atoms with Crippen LogP contribution in [0.25, 0.3) is 0 Å². The number of carbonyl (C=O) groups is 1. The number of benzene rings is 1. The van der Waals surface area contributed by atoms with Crippen molar-refractivity contribution in [2.75, 3.05) is 0 Å². The molecule has 0 bridgehead atoms. The van der Waals surface area contributed by atoms with Crippen LogP contribution >= 0.6 is 0 Å². The zero-order valence-corrected chi connectivity index (χ0v) is 8.86. The normalized spacial score (nSPS) is 11.5. The van der Waals surface area contributed by atoms with Gasteiger partial charge in [0.05, 0.1) is 12.5 Å². The number of terminal acetylenes is 1. The highest BCUT2D eigenvalue weighted by molar-refractivity contribution is 5.79. The zero-order valence-electron chi connectivity index (χ0n) is 8.86. The van der Waals surface area contributed by atoms with Gasteiger partial charge in [-0.05, 0) is 12.0 Å². The molecule has 1 aromatic carbocycles. The van der Waals surface area contributed by atoms with Crippen LogP contribution in [0.5, 0.6) is 0 Å². The van der Waals surface area contributed by atoms with Crippen molar-refractivity contribution in [2.45, 2.75) is 25.8 Å². The molecule has 1 unspecified atom stereocenters. The highest BCUT2D eigenvalue weighted by atomic mass is 16.1. The Morgan fingerprint density at radius 3 is 2.67 bits per heavy atom. The molecule has 0 spiro atoms. The van der Waals surface area contributed by atoms with Crippen molar-refractivity contribution in [3.63, 3.8) is 0 Å². The van der Waals surface area contributed by atoms with Gasteiger partial charge >= 0.3 is 0 Å². The first kappa shape index (κ1) is 11.3. The molecule has 0 saturated heterocycles. The molecular formula is C13H15NO. The van der Waals surface area contributed by atoms with Crippen molar-refractivity contribution < 1.29 is 4.79 Å². The van der Waals surface area contributed by atoms with Crippen LogP contribution < -0.4 is 5.32 Å². The van der Waals surface area contributed by atoms with Gasteiger partial charge in [0.1, 0.15) is 0 Å². The summed E-state index contributed by atoms with van der Waals surface area (Å²) in [5.74, 6) is 2.51. The van der Waals surface area contributed by atoms with E-state index in [2.05, 4.69) is 11.2 Å². The summed E-state index contributed by atoms with van der Waals surface area (Å²) in [6.07, 6.45) is 6.41. The molecule has 0 radical (unpaired) electrons. The van der Waals surface area contributed by atoms with E-state index in [1.54, 1.807) is 0 Å². The van der Waals surface area contributed by atoms with Crippen molar-refractivity contribution in [3.8, 4) is 12.3 Å². The van der Waals surface area contributed by atoms with Gasteiger partial charge in [0, 0.05) is 0 Å². The molecule has 0 heterocycles. The quantitative estimate of drug-likeness (QED) is 0.739. The fraction of sp³-hybridized carbons (Fsp3) is 0.308. The Kier molecular flexibility index (Phi) is 4.43. The monoisotopic (exact) mass is 201 g/mol. The van der Waals surface area contributed by atoms with E-state index < -0.39 is 0 Å². The third-order valence-electron chi connectivity index (χ3n) is 2.15. The largest absolute Gasteiger partial charge is 0.342 e. The van der Waals surface area contributed by atoms with Gasteiger partial charge in [0.15, 0.2) is 0 Å². The van der Waals surface area contributed by atoms with Gasteiger partial charge in [-0.3, -0.25) is 4.79 Å². The number of hydrogen-bond acceptors (Lipinski definition) is 1. The van der Waals surface area contributed by atoms with Crippen LogP contribution in [0, 0.1) is 12.3 Å². The molecular weight excluding hydrogens is 186 g/mol. The summed E-state index contributed by atoms with van der Waals surface area (Å²) in [5.41, 5.74) is 1.00. The molecule has 0 aliphatic heterocycles. The summed E-state index contributed by atoms with van der Waals surface area (Å²) < 4.78 is 0. The first-order valence-electron chi connectivity index (χ1n) is 5.05. The fourth-order valence-electron chi connectivity index (χ4n) is 1.29. The third kappa shape index (κ3) is 3.86. The van der Waals surface area contributed by atoms with Crippen LogP contribution in [0.4, 0.5) is 0 Å². The van der Waals surface area contributed by atoms with Crippen molar-refractivity contribution in [1.82, 2.24) is 5.32 Å². The van der Waals surface area contributed by atoms with Crippen LogP contribution in [-0.4, -0.2) is 11.9 Å². The Bertz CT molecular complexity index is 351. The maximum absolute atomic E-state index is 11.5. The Labute approximate surface area is 90.7 Å². The molecule has 1 N–H and O–H groups in total. The summed E-state index contributed by atoms with van der Waals surface area (Å²) in [6, 6.07) is 9.47. The molecule has 1 aromatic rings. The molecule has 1 amide bonds. The van der Waals surface area contributed by atoms with Crippen LogP contribution in [0.1, 0.15) is 18.9 Å². The van der Waals surface area contributed by atoms with Gasteiger partial charge in [-0.25, -0.2) is 0 Å². The van der Waals surface area contributed by atoms with Crippen molar-refractivity contribution >= 4 is 5.91 Å². The van der Waals surface area contributed by atoms with E-state index in [1.165, 1.54) is 0 Å². The highest BCUT2D eigenvalue weighted by Gasteiger charge is 2.07. The zero-order chi connectivity index (χ0) is 11.1. The number of nitrogens with one attached hydrogen (secondary N) is 1. The van der Waals surface area contributed by atoms with Gasteiger partial charge in [-0.1, -0.05) is 43.2 Å². The average Bonchev–Trinajstić information content (AvgIpc) is 2.27. The van der Waals surface area contributed by atoms with Crippen LogP contribution in [0.15, 0.2) is 30.3 Å². The molecule has 2 heteroatoms. The molecule has 0 aliphatic rings. The van der Waals surface area contributed by atoms with E-state index >= 15 is 0 Å². The minimum Gasteiger partial charge on any atom is -0.342 e. The minimum atomic E-state index is -0.152. The maximum Gasteiger partial charge on any atom is 0.225 e. The molecule has 0 saturated carbocycles. The average molecular weight is 201 g/mol. The van der Waals surface area contributed by atoms with Crippen molar-refractivity contribution in [1.29, 1.82) is 0 Å². The molecule has 0 fully saturated rings. The van der Waals surface area contributed by atoms with Crippen molar-refractivity contribution in [3.05, 3.63) is 35.9 Å². The second kappa shape index (κ2) is 5.87. The van der Waals surface area contributed by atoms with Gasteiger partial charge < -0.3 is 5.32 Å². The van der Waals surface area contributed by atoms with E-state index in [0.29, 0.717) is 6.42 Å². The highest BCUT2D eigenvalue weighted by Crippen LogP contribution is 2.00. The van der Waals surface area contributed by atoms with Crippen molar-refractivity contribution in [2.24, 2.45) is 0 Å². The SMILES string of the molecule is C#CC(CC)NC(=O)Cc1ccccc1. The molecule has 0 aromatic heterocycles. The van der Waals surface area contributed by atoms with Gasteiger partial charge in [0.25, 0.3) is 0 Å².